The molecule has 0 spiro atoms. The fourth-order valence-corrected chi connectivity index (χ4v) is 4.28. The Hall–Kier alpha value is -2.87. The molecule has 1 saturated carbocycles. The molecular weight excluding hydrogens is 392 g/mol. The molecule has 1 aromatic carbocycles. The lowest BCUT2D eigenvalue weighted by molar-refractivity contribution is 0.122. The van der Waals surface area contributed by atoms with Crippen LogP contribution in [0, 0.1) is 0 Å². The number of morpholine rings is 1. The Morgan fingerprint density at radius 3 is 2.65 bits per heavy atom. The van der Waals surface area contributed by atoms with Crippen LogP contribution in [-0.2, 0) is 11.8 Å². The van der Waals surface area contributed by atoms with Crippen LogP contribution in [-0.4, -0.2) is 61.2 Å². The molecule has 0 radical (unpaired) electrons. The van der Waals surface area contributed by atoms with Crippen LogP contribution < -0.4 is 15.0 Å². The molecule has 0 amide bonds. The summed E-state index contributed by atoms with van der Waals surface area (Å²) in [4.78, 5) is 11.1. The summed E-state index contributed by atoms with van der Waals surface area (Å²) in [6, 6.07) is 6.59. The van der Waals surface area contributed by atoms with E-state index in [1.54, 1.807) is 6.21 Å². The Morgan fingerprint density at radius 2 is 2.00 bits per heavy atom. The van der Waals surface area contributed by atoms with Crippen LogP contribution in [0.25, 0.3) is 0 Å². The number of aliphatic imine (C=N–C) groups is 2. The van der Waals surface area contributed by atoms with Crippen molar-refractivity contribution < 1.29 is 9.47 Å². The predicted molar refractivity (Wildman–Crippen MR) is 126 cm³/mol. The topological polar surface area (TPSA) is 76.3 Å². The summed E-state index contributed by atoms with van der Waals surface area (Å²) in [5.41, 5.74) is 2.60. The van der Waals surface area contributed by atoms with Crippen molar-refractivity contribution >= 4 is 35.8 Å². The summed E-state index contributed by atoms with van der Waals surface area (Å²) >= 11 is 0. The van der Waals surface area contributed by atoms with Crippen LogP contribution in [0.3, 0.4) is 0 Å². The number of anilines is 2. The van der Waals surface area contributed by atoms with Crippen molar-refractivity contribution in [1.29, 1.82) is 0 Å². The highest BCUT2D eigenvalue weighted by Gasteiger charge is 2.25. The molecule has 2 heterocycles. The van der Waals surface area contributed by atoms with Gasteiger partial charge in [-0.2, -0.15) is 5.10 Å². The first-order valence-corrected chi connectivity index (χ1v) is 11.0. The highest BCUT2D eigenvalue weighted by molar-refractivity contribution is 5.80. The van der Waals surface area contributed by atoms with Crippen LogP contribution in [0.1, 0.15) is 32.6 Å². The van der Waals surface area contributed by atoms with Crippen molar-refractivity contribution in [3.05, 3.63) is 24.4 Å². The lowest BCUT2D eigenvalue weighted by atomic mass is 9.93. The van der Waals surface area contributed by atoms with Gasteiger partial charge in [0, 0.05) is 56.4 Å². The zero-order valence-electron chi connectivity index (χ0n) is 18.5. The quantitative estimate of drug-likeness (QED) is 0.677. The van der Waals surface area contributed by atoms with Gasteiger partial charge in [0.25, 0.3) is 0 Å². The van der Waals surface area contributed by atoms with Crippen LogP contribution in [0.2, 0.25) is 0 Å². The number of nitrogens with zero attached hydrogens (tertiary/aromatic N) is 5. The second kappa shape index (κ2) is 9.96. The van der Waals surface area contributed by atoms with Gasteiger partial charge in [-0.25, -0.2) is 0 Å². The van der Waals surface area contributed by atoms with E-state index in [0.29, 0.717) is 11.7 Å². The molecule has 166 valence electrons. The van der Waals surface area contributed by atoms with Gasteiger partial charge >= 0.3 is 0 Å². The highest BCUT2D eigenvalue weighted by Crippen LogP contribution is 2.43. The maximum Gasteiger partial charge on any atom is 0.149 e. The summed E-state index contributed by atoms with van der Waals surface area (Å²) in [5, 5.41) is 7.96. The van der Waals surface area contributed by atoms with Crippen molar-refractivity contribution in [2.45, 2.75) is 44.8 Å². The van der Waals surface area contributed by atoms with E-state index in [4.69, 9.17) is 9.47 Å². The first-order valence-electron chi connectivity index (χ1n) is 11.0. The van der Waals surface area contributed by atoms with Gasteiger partial charge in [-0.05, 0) is 45.4 Å². The number of aromatic nitrogens is 2. The lowest BCUT2D eigenvalue weighted by Gasteiger charge is -2.32. The molecular formula is C23H32N6O2. The van der Waals surface area contributed by atoms with Crippen LogP contribution in [0.15, 0.2) is 34.4 Å². The van der Waals surface area contributed by atoms with E-state index in [1.165, 1.54) is 0 Å². The van der Waals surface area contributed by atoms with Crippen molar-refractivity contribution in [1.82, 2.24) is 9.78 Å². The van der Waals surface area contributed by atoms with Gasteiger partial charge in [0.05, 0.1) is 25.0 Å². The van der Waals surface area contributed by atoms with Crippen LogP contribution in [0.5, 0.6) is 5.75 Å². The standard InChI is InChI=1S/C23H32N6O2/c1-4-25-20-15-18(29-11-13-30-14-12-29)16-21(23(20)24-2)31-19-7-5-17(6-8-19)26-22-9-10-28(3)27-22/h4,9-10,15-17,19H,2,5-8,11-14H2,1,3H3,(H,26,27)/b25-4-/t17-,19+. The second-order valence-corrected chi connectivity index (χ2v) is 8.07. The summed E-state index contributed by atoms with van der Waals surface area (Å²) in [5.74, 6) is 1.70. The molecule has 8 heteroatoms. The fourth-order valence-electron chi connectivity index (χ4n) is 4.28. The minimum absolute atomic E-state index is 0.153. The Labute approximate surface area is 184 Å². The molecule has 1 N–H and O–H groups in total. The van der Waals surface area contributed by atoms with Gasteiger partial charge in [0.1, 0.15) is 17.3 Å². The number of aryl methyl sites for hydroxylation is 1. The summed E-state index contributed by atoms with van der Waals surface area (Å²) in [6.07, 6.45) is 7.94. The van der Waals surface area contributed by atoms with E-state index in [2.05, 4.69) is 44.2 Å². The molecule has 2 aliphatic rings. The zero-order chi connectivity index (χ0) is 21.6. The number of ether oxygens (including phenoxy) is 2. The maximum atomic E-state index is 6.49. The third kappa shape index (κ3) is 5.25. The van der Waals surface area contributed by atoms with Crippen molar-refractivity contribution in [2.75, 3.05) is 36.5 Å². The average molecular weight is 425 g/mol. The van der Waals surface area contributed by atoms with Crippen molar-refractivity contribution in [3.8, 4) is 5.75 Å². The van der Waals surface area contributed by atoms with E-state index >= 15 is 0 Å². The number of benzene rings is 1. The van der Waals surface area contributed by atoms with E-state index in [-0.39, 0.29) is 6.10 Å². The predicted octanol–water partition coefficient (Wildman–Crippen LogP) is 4.11. The van der Waals surface area contributed by atoms with Crippen LogP contribution in [0.4, 0.5) is 22.9 Å². The van der Waals surface area contributed by atoms with Gasteiger partial charge in [-0.3, -0.25) is 14.7 Å². The molecule has 1 aliphatic heterocycles. The minimum Gasteiger partial charge on any atom is -0.488 e. The third-order valence-electron chi connectivity index (χ3n) is 5.88. The molecule has 31 heavy (non-hydrogen) atoms. The molecule has 2 fully saturated rings. The normalized spacial score (nSPS) is 21.9. The summed E-state index contributed by atoms with van der Waals surface area (Å²) in [6.45, 7) is 8.87. The van der Waals surface area contributed by atoms with E-state index < -0.39 is 0 Å². The molecule has 1 aromatic heterocycles. The lowest BCUT2D eigenvalue weighted by Crippen LogP contribution is -2.36. The second-order valence-electron chi connectivity index (χ2n) is 8.07. The molecule has 0 atom stereocenters. The number of hydrogen-bond acceptors (Lipinski definition) is 7. The summed E-state index contributed by atoms with van der Waals surface area (Å²) < 4.78 is 13.8. The Morgan fingerprint density at radius 1 is 1.23 bits per heavy atom. The van der Waals surface area contributed by atoms with Gasteiger partial charge in [0.2, 0.25) is 0 Å². The molecule has 1 saturated heterocycles. The molecule has 0 unspecified atom stereocenters. The Balaban J connectivity index is 1.46. The number of nitrogens with one attached hydrogen (secondary N) is 1. The smallest absolute Gasteiger partial charge is 0.149 e. The summed E-state index contributed by atoms with van der Waals surface area (Å²) in [7, 11) is 1.93. The number of rotatable bonds is 7. The zero-order valence-corrected chi connectivity index (χ0v) is 18.5. The molecule has 0 bridgehead atoms. The van der Waals surface area contributed by atoms with Gasteiger partial charge in [0.15, 0.2) is 0 Å². The Bertz CT molecular complexity index is 911. The fraction of sp³-hybridized carbons (Fsp3) is 0.522. The highest BCUT2D eigenvalue weighted by atomic mass is 16.5. The first kappa shape index (κ1) is 21.4. The van der Waals surface area contributed by atoms with Gasteiger partial charge in [-0.15, -0.1) is 0 Å². The molecule has 2 aromatic rings. The van der Waals surface area contributed by atoms with E-state index in [1.807, 2.05) is 30.9 Å². The molecule has 1 aliphatic carbocycles. The monoisotopic (exact) mass is 424 g/mol. The van der Waals surface area contributed by atoms with E-state index in [0.717, 1.165) is 74.9 Å². The largest absolute Gasteiger partial charge is 0.488 e. The third-order valence-corrected chi connectivity index (χ3v) is 5.88. The molecule has 4 rings (SSSR count). The molecule has 8 nitrogen and oxygen atoms in total. The van der Waals surface area contributed by atoms with Gasteiger partial charge < -0.3 is 19.7 Å². The van der Waals surface area contributed by atoms with Crippen molar-refractivity contribution in [3.63, 3.8) is 0 Å². The number of hydrogen-bond donors (Lipinski definition) is 1. The SMILES string of the molecule is C=Nc1c(/N=C\C)cc(N2CCOCC2)cc1O[C@H]1CC[C@@H](Nc2ccn(C)n2)CC1. The van der Waals surface area contributed by atoms with Gasteiger partial charge in [-0.1, -0.05) is 0 Å². The van der Waals surface area contributed by atoms with E-state index in [9.17, 15) is 0 Å². The minimum atomic E-state index is 0.153. The maximum absolute atomic E-state index is 6.49. The Kier molecular flexibility index (Phi) is 6.86. The first-order chi connectivity index (χ1) is 15.2. The van der Waals surface area contributed by atoms with Crippen molar-refractivity contribution in [2.24, 2.45) is 17.0 Å². The van der Waals surface area contributed by atoms with Crippen LogP contribution >= 0.6 is 0 Å². The average Bonchev–Trinajstić information content (AvgIpc) is 3.20.